The number of carbonyl (C=O) groups is 1. The molecule has 0 aromatic heterocycles. The van der Waals surface area contributed by atoms with Crippen LogP contribution in [0.5, 0.6) is 0 Å². The van der Waals surface area contributed by atoms with Gasteiger partial charge in [-0.1, -0.05) is 13.0 Å². The van der Waals surface area contributed by atoms with E-state index in [9.17, 15) is 14.9 Å². The number of nitro groups is 1. The molecule has 0 heterocycles. The quantitative estimate of drug-likeness (QED) is 0.283. The highest BCUT2D eigenvalue weighted by Crippen LogP contribution is 2.49. The maximum atomic E-state index is 11.8. The molecule has 1 amide bonds. The van der Waals surface area contributed by atoms with Crippen molar-refractivity contribution in [1.82, 2.24) is 9.99 Å². The van der Waals surface area contributed by atoms with E-state index in [1.807, 2.05) is 0 Å². The maximum absolute atomic E-state index is 11.8. The van der Waals surface area contributed by atoms with Gasteiger partial charge in [0.15, 0.2) is 0 Å². The molecule has 164 valence electrons. The van der Waals surface area contributed by atoms with Crippen LogP contribution in [0.25, 0.3) is 0 Å². The Morgan fingerprint density at radius 2 is 1.97 bits per heavy atom. The van der Waals surface area contributed by atoms with Crippen molar-refractivity contribution >= 4 is 20.1 Å². The van der Waals surface area contributed by atoms with Crippen molar-refractivity contribution in [2.45, 2.75) is 79.1 Å². The smallest absolute Gasteiger partial charge is 0.275 e. The van der Waals surface area contributed by atoms with Crippen LogP contribution in [0.3, 0.4) is 0 Å². The van der Waals surface area contributed by atoms with E-state index in [2.05, 4.69) is 37.7 Å². The summed E-state index contributed by atoms with van der Waals surface area (Å²) >= 11 is 0. The van der Waals surface area contributed by atoms with Gasteiger partial charge in [-0.05, 0) is 52.7 Å². The molecule has 0 aliphatic rings. The fourth-order valence-corrected chi connectivity index (χ4v) is 4.53. The monoisotopic (exact) mass is 428 g/mol. The van der Waals surface area contributed by atoms with Crippen molar-refractivity contribution in [2.24, 2.45) is 0 Å². The molecule has 1 N–H and O–H groups in total. The van der Waals surface area contributed by atoms with Crippen molar-refractivity contribution in [3.05, 3.63) is 39.4 Å². The third-order valence-corrected chi connectivity index (χ3v) is 6.38. The summed E-state index contributed by atoms with van der Waals surface area (Å²) in [6.45, 7) is 10.4. The van der Waals surface area contributed by atoms with E-state index in [1.54, 1.807) is 26.2 Å². The molecule has 0 saturated heterocycles. The molecule has 2 unspecified atom stereocenters. The highest BCUT2D eigenvalue weighted by molar-refractivity contribution is 7.44. The Morgan fingerprint density at radius 3 is 2.48 bits per heavy atom. The van der Waals surface area contributed by atoms with Crippen molar-refractivity contribution < 1.29 is 20.1 Å². The Labute approximate surface area is 176 Å². The van der Waals surface area contributed by atoms with Gasteiger partial charge in [0, 0.05) is 39.6 Å². The molecule has 0 aliphatic heterocycles. The van der Waals surface area contributed by atoms with Crippen LogP contribution in [0.4, 0.5) is 5.69 Å². The Morgan fingerprint density at radius 1 is 1.31 bits per heavy atom. The second-order valence-corrected chi connectivity index (χ2v) is 8.78. The van der Waals surface area contributed by atoms with Gasteiger partial charge in [-0.2, -0.15) is 0 Å². The summed E-state index contributed by atoms with van der Waals surface area (Å²) in [4.78, 5) is 22.9. The van der Waals surface area contributed by atoms with Gasteiger partial charge in [0.1, 0.15) is 0 Å². The number of carbonyl (C=O) groups excluding carboxylic acids is 1. The zero-order valence-electron chi connectivity index (χ0n) is 19.2. The largest absolute Gasteiger partial charge is 0.352 e. The van der Waals surface area contributed by atoms with E-state index >= 15 is 0 Å². The van der Waals surface area contributed by atoms with Gasteiger partial charge in [-0.25, -0.2) is 4.67 Å². The van der Waals surface area contributed by atoms with Gasteiger partial charge >= 0.3 is 0 Å². The van der Waals surface area contributed by atoms with Gasteiger partial charge in [-0.3, -0.25) is 14.9 Å². The van der Waals surface area contributed by atoms with Crippen LogP contribution < -0.4 is 5.32 Å². The predicted octanol–water partition coefficient (Wildman–Crippen LogP) is 5.08. The molecule has 0 saturated carbocycles. The minimum Gasteiger partial charge on any atom is -0.352 e. The number of nitrogens with zero attached hydrogens (tertiary/aromatic N) is 2. The second kappa shape index (κ2) is 12.2. The molecule has 1 aromatic rings. The molecule has 0 bridgehead atoms. The molecule has 9 heteroatoms. The number of hydrogen-bond acceptors (Lipinski definition) is 6. The van der Waals surface area contributed by atoms with Gasteiger partial charge < -0.3 is 14.4 Å². The molecule has 2 atom stereocenters. The Bertz CT molecular complexity index is 697. The number of rotatable bonds is 12. The molecule has 8 nitrogen and oxygen atoms in total. The summed E-state index contributed by atoms with van der Waals surface area (Å²) < 4.78 is 21.0. The molecular weight excluding hydrogens is 393 g/mol. The van der Waals surface area contributed by atoms with Crippen LogP contribution in [-0.4, -0.2) is 34.7 Å². The summed E-state index contributed by atoms with van der Waals surface area (Å²) in [5.74, 6) is -0.140. The molecule has 0 fully saturated rings. The zero-order valence-corrected chi connectivity index (χ0v) is 19.1. The lowest BCUT2D eigenvalue weighted by atomic mass is 10.0. The molecule has 29 heavy (non-hydrogen) atoms. The first-order valence-corrected chi connectivity index (χ1v) is 10.9. The van der Waals surface area contributed by atoms with Gasteiger partial charge in [-0.15, -0.1) is 0 Å². The third kappa shape index (κ3) is 7.63. The van der Waals surface area contributed by atoms with Crippen molar-refractivity contribution in [3.8, 4) is 0 Å². The molecule has 1 aromatic carbocycles. The van der Waals surface area contributed by atoms with Crippen LogP contribution in [-0.2, 0) is 20.4 Å². The fraction of sp³-hybridized carbons (Fsp3) is 0.650. The molecular formula is C20H34N3O5P. The van der Waals surface area contributed by atoms with Crippen molar-refractivity contribution in [2.75, 3.05) is 7.11 Å². The average Bonchev–Trinajstić information content (AvgIpc) is 2.68. The number of hydrogen-bond donors (Lipinski definition) is 1. The lowest BCUT2D eigenvalue weighted by molar-refractivity contribution is -0.386. The summed E-state index contributed by atoms with van der Waals surface area (Å²) in [5.41, 5.74) is 1.16. The van der Waals surface area contributed by atoms with Gasteiger partial charge in [0.2, 0.25) is 5.91 Å². The zero-order chi connectivity index (χ0) is 22.8. The number of nitrogens with one attached hydrogen (secondary N) is 1. The van der Waals surface area contributed by atoms with Crippen LogP contribution >= 0.6 is 8.53 Å². The first-order valence-electron chi connectivity index (χ1n) is 10.4. The van der Waals surface area contributed by atoms with Crippen LogP contribution in [0, 0.1) is 10.1 Å². The SMILES string of the molecule is [2H]CCCC(=O)NCc1ccc([N+](=O)[O-])c(C(C)OP(OC)N(C(C)C)C(C)C)c1. The van der Waals surface area contributed by atoms with E-state index < -0.39 is 19.6 Å². The van der Waals surface area contributed by atoms with Crippen LogP contribution in [0.2, 0.25) is 0 Å². The summed E-state index contributed by atoms with van der Waals surface area (Å²) in [6.07, 6.45) is 0.224. The van der Waals surface area contributed by atoms with E-state index in [0.29, 0.717) is 18.4 Å². The Balaban J connectivity index is 3.05. The second-order valence-electron chi connectivity index (χ2n) is 7.27. The average molecular weight is 428 g/mol. The lowest BCUT2D eigenvalue weighted by Crippen LogP contribution is -2.33. The lowest BCUT2D eigenvalue weighted by Gasteiger charge is -2.36. The highest BCUT2D eigenvalue weighted by Gasteiger charge is 2.30. The van der Waals surface area contributed by atoms with E-state index in [0.717, 1.165) is 5.56 Å². The van der Waals surface area contributed by atoms with E-state index in [4.69, 9.17) is 10.4 Å². The van der Waals surface area contributed by atoms with Gasteiger partial charge in [0.05, 0.1) is 16.6 Å². The fourth-order valence-electron chi connectivity index (χ4n) is 3.01. The van der Waals surface area contributed by atoms with Gasteiger partial charge in [0.25, 0.3) is 14.2 Å². The number of nitro benzene ring substituents is 1. The highest BCUT2D eigenvalue weighted by atomic mass is 31.2. The van der Waals surface area contributed by atoms with Crippen molar-refractivity contribution in [3.63, 3.8) is 0 Å². The Kier molecular flexibility index (Phi) is 9.94. The standard InChI is InChI=1S/C20H34N3O5P/c1-8-9-20(24)21-13-17-10-11-19(23(25)26)18(12-17)16(6)28-29(27-7)22(14(2)3)15(4)5/h10-12,14-16H,8-9,13H2,1-7H3,(H,21,24)/i1D. The topological polar surface area (TPSA) is 93.9 Å². The normalized spacial score (nSPS) is 14.2. The minimum atomic E-state index is -1.41. The summed E-state index contributed by atoms with van der Waals surface area (Å²) in [6, 6.07) is 5.14. The molecule has 1 rings (SSSR count). The summed E-state index contributed by atoms with van der Waals surface area (Å²) in [7, 11) is 0.170. The first-order chi connectivity index (χ1) is 14.1. The molecule has 0 radical (unpaired) electrons. The number of benzene rings is 1. The number of amides is 1. The van der Waals surface area contributed by atoms with Crippen LogP contribution in [0.1, 0.15) is 73.0 Å². The predicted molar refractivity (Wildman–Crippen MR) is 115 cm³/mol. The maximum Gasteiger partial charge on any atom is 0.275 e. The van der Waals surface area contributed by atoms with E-state index in [-0.39, 0.29) is 37.1 Å². The third-order valence-electron chi connectivity index (χ3n) is 4.27. The Hall–Kier alpha value is -1.60. The molecule has 0 aliphatic carbocycles. The minimum absolute atomic E-state index is 0.0292. The molecule has 0 spiro atoms. The van der Waals surface area contributed by atoms with Crippen LogP contribution in [0.15, 0.2) is 18.2 Å². The first kappa shape index (κ1) is 23.7. The van der Waals surface area contributed by atoms with Crippen molar-refractivity contribution in [1.29, 1.82) is 0 Å². The van der Waals surface area contributed by atoms with E-state index in [1.165, 1.54) is 6.07 Å². The summed E-state index contributed by atoms with van der Waals surface area (Å²) in [5, 5.41) is 14.3.